The van der Waals surface area contributed by atoms with Crippen molar-refractivity contribution >= 4 is 49.8 Å². The Morgan fingerprint density at radius 2 is 1.80 bits per heavy atom. The van der Waals surface area contributed by atoms with Crippen molar-refractivity contribution in [3.63, 3.8) is 0 Å². The second-order valence-electron chi connectivity index (χ2n) is 10.4. The van der Waals surface area contributed by atoms with E-state index in [-0.39, 0.29) is 34.4 Å². The largest absolute Gasteiger partial charge is 0.334 e. The van der Waals surface area contributed by atoms with Crippen LogP contribution >= 0.6 is 11.6 Å². The van der Waals surface area contributed by atoms with Crippen LogP contribution in [0.4, 0.5) is 10.5 Å². The van der Waals surface area contributed by atoms with Crippen molar-refractivity contribution < 1.29 is 18.0 Å². The third-order valence-electron chi connectivity index (χ3n) is 8.13. The molecule has 1 saturated carbocycles. The summed E-state index contributed by atoms with van der Waals surface area (Å²) < 4.78 is 25.1. The predicted molar refractivity (Wildman–Crippen MR) is 156 cm³/mol. The lowest BCUT2D eigenvalue weighted by Crippen LogP contribution is -2.61. The number of amides is 3. The highest BCUT2D eigenvalue weighted by molar-refractivity contribution is 7.91. The number of fused-ring (bicyclic) bond motifs is 2. The zero-order valence-electron chi connectivity index (χ0n) is 21.9. The predicted octanol–water partition coefficient (Wildman–Crippen LogP) is 6.36. The van der Waals surface area contributed by atoms with Crippen LogP contribution in [0.1, 0.15) is 37.7 Å². The SMILES string of the molecule is CCS(=O)(=O)c1cccc(-c2cccc(Cl)c2C2CCC3C(=O)N(c4cncc5ccccc45)C(=O)NC3C2)c1. The van der Waals surface area contributed by atoms with Crippen LogP contribution in [0.5, 0.6) is 0 Å². The molecule has 40 heavy (non-hydrogen) atoms. The topological polar surface area (TPSA) is 96.4 Å². The number of carbonyl (C=O) groups is 2. The first kappa shape index (κ1) is 26.5. The second kappa shape index (κ2) is 10.3. The van der Waals surface area contributed by atoms with Gasteiger partial charge in [0.1, 0.15) is 0 Å². The fourth-order valence-corrected chi connectivity index (χ4v) is 7.37. The van der Waals surface area contributed by atoms with Crippen LogP contribution in [0.2, 0.25) is 5.02 Å². The van der Waals surface area contributed by atoms with Crippen molar-refractivity contribution in [3.8, 4) is 11.1 Å². The Balaban J connectivity index is 1.31. The number of urea groups is 1. The van der Waals surface area contributed by atoms with Crippen LogP contribution < -0.4 is 10.2 Å². The summed E-state index contributed by atoms with van der Waals surface area (Å²) in [4.78, 5) is 32.8. The number of hydrogen-bond acceptors (Lipinski definition) is 5. The summed E-state index contributed by atoms with van der Waals surface area (Å²) in [7, 11) is -3.37. The monoisotopic (exact) mass is 573 g/mol. The van der Waals surface area contributed by atoms with E-state index in [1.807, 2.05) is 48.5 Å². The number of benzene rings is 3. The number of imide groups is 1. The van der Waals surface area contributed by atoms with Gasteiger partial charge in [0.2, 0.25) is 5.91 Å². The number of nitrogens with one attached hydrogen (secondary N) is 1. The normalized spacial score (nSPS) is 21.2. The molecule has 3 unspecified atom stereocenters. The Hall–Kier alpha value is -3.75. The Morgan fingerprint density at radius 3 is 2.62 bits per heavy atom. The second-order valence-corrected chi connectivity index (χ2v) is 13.0. The third kappa shape index (κ3) is 4.55. The fraction of sp³-hybridized carbons (Fsp3) is 0.258. The molecule has 7 nitrogen and oxygen atoms in total. The quantitative estimate of drug-likeness (QED) is 0.300. The molecule has 2 heterocycles. The summed E-state index contributed by atoms with van der Waals surface area (Å²) in [5.74, 6) is -0.584. The fourth-order valence-electron chi connectivity index (χ4n) is 6.11. The van der Waals surface area contributed by atoms with E-state index in [2.05, 4.69) is 10.3 Å². The summed E-state index contributed by atoms with van der Waals surface area (Å²) in [6.45, 7) is 1.63. The molecular weight excluding hydrogens is 546 g/mol. The van der Waals surface area contributed by atoms with Gasteiger partial charge in [-0.1, -0.05) is 67.1 Å². The summed E-state index contributed by atoms with van der Waals surface area (Å²) in [5, 5.41) is 5.33. The molecule has 3 atom stereocenters. The number of rotatable bonds is 5. The number of carbonyl (C=O) groups excluding carboxylic acids is 2. The molecule has 204 valence electrons. The van der Waals surface area contributed by atoms with Crippen LogP contribution in [-0.4, -0.2) is 37.1 Å². The summed E-state index contributed by atoms with van der Waals surface area (Å²) in [6.07, 6.45) is 5.11. The molecular formula is C31H28ClN3O4S. The molecule has 2 aliphatic rings. The van der Waals surface area contributed by atoms with Gasteiger partial charge in [-0.15, -0.1) is 0 Å². The van der Waals surface area contributed by atoms with Gasteiger partial charge < -0.3 is 5.32 Å². The first-order valence-corrected chi connectivity index (χ1v) is 15.4. The smallest absolute Gasteiger partial charge is 0.329 e. The lowest BCUT2D eigenvalue weighted by atomic mass is 9.72. The van der Waals surface area contributed by atoms with Gasteiger partial charge in [0.25, 0.3) is 0 Å². The van der Waals surface area contributed by atoms with E-state index in [0.717, 1.165) is 27.5 Å². The van der Waals surface area contributed by atoms with E-state index in [1.54, 1.807) is 37.5 Å². The van der Waals surface area contributed by atoms with Gasteiger partial charge in [0, 0.05) is 28.0 Å². The molecule has 6 rings (SSSR count). The molecule has 2 fully saturated rings. The summed E-state index contributed by atoms with van der Waals surface area (Å²) >= 11 is 6.77. The number of nitrogens with zero attached hydrogens (tertiary/aromatic N) is 2. The van der Waals surface area contributed by atoms with Gasteiger partial charge in [-0.2, -0.15) is 0 Å². The number of halogens is 1. The van der Waals surface area contributed by atoms with E-state index in [0.29, 0.717) is 30.0 Å². The lowest BCUT2D eigenvalue weighted by Gasteiger charge is -2.43. The Morgan fingerprint density at radius 1 is 1.00 bits per heavy atom. The molecule has 1 aromatic heterocycles. The molecule has 0 bridgehead atoms. The highest BCUT2D eigenvalue weighted by Gasteiger charge is 2.46. The van der Waals surface area contributed by atoms with Gasteiger partial charge in [0.15, 0.2) is 9.84 Å². The van der Waals surface area contributed by atoms with Crippen LogP contribution in [0, 0.1) is 5.92 Å². The molecule has 0 radical (unpaired) electrons. The van der Waals surface area contributed by atoms with Gasteiger partial charge in [-0.3, -0.25) is 9.78 Å². The molecule has 1 N–H and O–H groups in total. The molecule has 1 aliphatic heterocycles. The number of hydrogen-bond donors (Lipinski definition) is 1. The average molecular weight is 574 g/mol. The molecule has 1 saturated heterocycles. The number of anilines is 1. The molecule has 9 heteroatoms. The summed E-state index contributed by atoms with van der Waals surface area (Å²) in [6, 6.07) is 19.3. The van der Waals surface area contributed by atoms with E-state index in [9.17, 15) is 18.0 Å². The third-order valence-corrected chi connectivity index (χ3v) is 10.2. The molecule has 1 aliphatic carbocycles. The van der Waals surface area contributed by atoms with Gasteiger partial charge in [-0.25, -0.2) is 18.1 Å². The van der Waals surface area contributed by atoms with Gasteiger partial charge >= 0.3 is 6.03 Å². The first-order valence-electron chi connectivity index (χ1n) is 13.4. The van der Waals surface area contributed by atoms with Crippen molar-refractivity contribution in [1.29, 1.82) is 0 Å². The van der Waals surface area contributed by atoms with E-state index in [1.165, 1.54) is 4.90 Å². The highest BCUT2D eigenvalue weighted by Crippen LogP contribution is 2.45. The zero-order chi connectivity index (χ0) is 28.0. The average Bonchev–Trinajstić information content (AvgIpc) is 2.97. The van der Waals surface area contributed by atoms with E-state index < -0.39 is 15.9 Å². The van der Waals surface area contributed by atoms with Crippen molar-refractivity contribution in [2.75, 3.05) is 10.7 Å². The van der Waals surface area contributed by atoms with Gasteiger partial charge in [0.05, 0.1) is 28.5 Å². The van der Waals surface area contributed by atoms with Crippen LogP contribution in [-0.2, 0) is 14.6 Å². The minimum Gasteiger partial charge on any atom is -0.334 e. The molecule has 0 spiro atoms. The maximum Gasteiger partial charge on any atom is 0.329 e. The number of pyridine rings is 1. The van der Waals surface area contributed by atoms with Crippen molar-refractivity contribution in [2.24, 2.45) is 5.92 Å². The zero-order valence-corrected chi connectivity index (χ0v) is 23.5. The maximum absolute atomic E-state index is 13.7. The molecule has 3 amide bonds. The van der Waals surface area contributed by atoms with Crippen molar-refractivity contribution in [1.82, 2.24) is 10.3 Å². The van der Waals surface area contributed by atoms with Crippen LogP contribution in [0.25, 0.3) is 21.9 Å². The number of sulfone groups is 1. The van der Waals surface area contributed by atoms with E-state index in [4.69, 9.17) is 11.6 Å². The molecule has 4 aromatic rings. The molecule has 3 aromatic carbocycles. The first-order chi connectivity index (χ1) is 19.3. The Kier molecular flexibility index (Phi) is 6.84. The van der Waals surface area contributed by atoms with Crippen LogP contribution in [0.15, 0.2) is 84.0 Å². The Labute approximate surface area is 238 Å². The minimum atomic E-state index is -3.37. The Bertz CT molecular complexity index is 1750. The maximum atomic E-state index is 13.7. The van der Waals surface area contributed by atoms with E-state index >= 15 is 0 Å². The summed E-state index contributed by atoms with van der Waals surface area (Å²) in [5.41, 5.74) is 3.03. The van der Waals surface area contributed by atoms with Crippen LogP contribution in [0.3, 0.4) is 0 Å². The van der Waals surface area contributed by atoms with Gasteiger partial charge in [-0.05, 0) is 60.1 Å². The standard InChI is InChI=1S/C31H28ClN3O4S/c1-2-40(38,39)22-9-5-8-19(15-22)24-11-6-12-26(32)29(24)20-13-14-25-27(16-20)34-31(37)35(30(25)36)28-18-33-17-21-7-3-4-10-23(21)28/h3-12,15,17-18,20,25,27H,2,13-14,16H2,1H3,(H,34,37). The van der Waals surface area contributed by atoms with Crippen molar-refractivity contribution in [3.05, 3.63) is 89.7 Å². The highest BCUT2D eigenvalue weighted by atomic mass is 35.5. The van der Waals surface area contributed by atoms with Crippen molar-refractivity contribution in [2.45, 2.75) is 43.0 Å². The number of aromatic nitrogens is 1. The lowest BCUT2D eigenvalue weighted by molar-refractivity contribution is -0.124. The minimum absolute atomic E-state index is 0.0180.